The van der Waals surface area contributed by atoms with Crippen molar-refractivity contribution in [3.8, 4) is 5.88 Å². The Bertz CT molecular complexity index is 446. The molecule has 0 aliphatic carbocycles. The lowest BCUT2D eigenvalue weighted by Gasteiger charge is -2.12. The fraction of sp³-hybridized carbons (Fsp3) is 0.333. The number of aromatic carboxylic acids is 1. The van der Waals surface area contributed by atoms with E-state index < -0.39 is 18.2 Å². The quantitative estimate of drug-likeness (QED) is 0.847. The second kappa shape index (κ2) is 4.58. The van der Waals surface area contributed by atoms with Crippen molar-refractivity contribution in [2.75, 3.05) is 0 Å². The smallest absolute Gasteiger partial charge is 0.478 e. The molecule has 0 saturated heterocycles. The molecule has 0 radical (unpaired) electrons. The van der Waals surface area contributed by atoms with E-state index in [1.165, 1.54) is 6.92 Å². The summed E-state index contributed by atoms with van der Waals surface area (Å²) in [5, 5.41) is 8.84. The number of alkyl halides is 3. The molecular weight excluding hydrogens is 241 g/mol. The van der Waals surface area contributed by atoms with Crippen LogP contribution in [0.3, 0.4) is 0 Å². The third-order valence-corrected chi connectivity index (χ3v) is 1.91. The zero-order chi connectivity index (χ0) is 13.2. The number of ether oxygens (including phenoxy) is 1. The average molecular weight is 250 g/mol. The number of aryl methyl sites for hydroxylation is 1. The van der Waals surface area contributed by atoms with Gasteiger partial charge in [0.05, 0.1) is 11.3 Å². The van der Waals surface area contributed by atoms with Crippen molar-refractivity contribution in [2.24, 2.45) is 5.73 Å². The maximum atomic E-state index is 12.0. The summed E-state index contributed by atoms with van der Waals surface area (Å²) < 4.78 is 39.5. The maximum Gasteiger partial charge on any atom is 0.574 e. The number of halogens is 3. The van der Waals surface area contributed by atoms with Crippen LogP contribution in [0.15, 0.2) is 6.07 Å². The zero-order valence-electron chi connectivity index (χ0n) is 8.71. The topological polar surface area (TPSA) is 85.4 Å². The Morgan fingerprint density at radius 2 is 2.18 bits per heavy atom. The van der Waals surface area contributed by atoms with Crippen LogP contribution in [0, 0.1) is 6.92 Å². The van der Waals surface area contributed by atoms with Gasteiger partial charge in [0, 0.05) is 12.6 Å². The van der Waals surface area contributed by atoms with Crippen molar-refractivity contribution in [3.63, 3.8) is 0 Å². The molecule has 5 nitrogen and oxygen atoms in total. The average Bonchev–Trinajstić information content (AvgIpc) is 2.12. The van der Waals surface area contributed by atoms with Crippen molar-refractivity contribution in [1.82, 2.24) is 4.98 Å². The Kier molecular flexibility index (Phi) is 3.56. The van der Waals surface area contributed by atoms with Gasteiger partial charge in [0.15, 0.2) is 0 Å². The molecule has 0 aromatic carbocycles. The largest absolute Gasteiger partial charge is 0.574 e. The molecule has 0 unspecified atom stereocenters. The minimum atomic E-state index is -4.88. The van der Waals surface area contributed by atoms with Gasteiger partial charge in [-0.05, 0) is 12.5 Å². The zero-order valence-corrected chi connectivity index (χ0v) is 8.71. The van der Waals surface area contributed by atoms with Gasteiger partial charge >= 0.3 is 12.3 Å². The molecule has 0 fully saturated rings. The molecule has 0 saturated carbocycles. The van der Waals surface area contributed by atoms with Crippen LogP contribution in [-0.4, -0.2) is 22.4 Å². The van der Waals surface area contributed by atoms with Gasteiger partial charge in [-0.2, -0.15) is 0 Å². The number of hydrogen-bond acceptors (Lipinski definition) is 4. The van der Waals surface area contributed by atoms with E-state index in [2.05, 4.69) is 9.72 Å². The molecule has 0 bridgehead atoms. The highest BCUT2D eigenvalue weighted by Gasteiger charge is 2.32. The molecular formula is C9H9F3N2O3. The highest BCUT2D eigenvalue weighted by atomic mass is 19.4. The molecule has 1 rings (SSSR count). The Morgan fingerprint density at radius 1 is 1.59 bits per heavy atom. The van der Waals surface area contributed by atoms with Gasteiger partial charge < -0.3 is 15.6 Å². The molecule has 0 atom stereocenters. The van der Waals surface area contributed by atoms with Crippen LogP contribution < -0.4 is 10.5 Å². The number of pyridine rings is 1. The van der Waals surface area contributed by atoms with Crippen molar-refractivity contribution >= 4 is 5.97 Å². The molecule has 8 heteroatoms. The Balaban J connectivity index is 3.23. The fourth-order valence-corrected chi connectivity index (χ4v) is 1.33. The Labute approximate surface area is 94.0 Å². The van der Waals surface area contributed by atoms with E-state index in [1.54, 1.807) is 0 Å². The minimum Gasteiger partial charge on any atom is -0.478 e. The lowest BCUT2D eigenvalue weighted by Crippen LogP contribution is -2.19. The number of carboxylic acid groups (broad SMARTS) is 1. The van der Waals surface area contributed by atoms with E-state index in [4.69, 9.17) is 10.8 Å². The van der Waals surface area contributed by atoms with Gasteiger partial charge in [0.25, 0.3) is 0 Å². The van der Waals surface area contributed by atoms with Gasteiger partial charge in [-0.1, -0.05) is 0 Å². The Morgan fingerprint density at radius 3 is 2.59 bits per heavy atom. The van der Waals surface area contributed by atoms with Crippen LogP contribution in [0.2, 0.25) is 0 Å². The molecule has 94 valence electrons. The van der Waals surface area contributed by atoms with Crippen LogP contribution in [0.4, 0.5) is 13.2 Å². The van der Waals surface area contributed by atoms with E-state index in [0.29, 0.717) is 0 Å². The van der Waals surface area contributed by atoms with Crippen molar-refractivity contribution in [2.45, 2.75) is 19.8 Å². The monoisotopic (exact) mass is 250 g/mol. The summed E-state index contributed by atoms with van der Waals surface area (Å²) in [4.78, 5) is 14.2. The molecule has 0 aliphatic rings. The number of aromatic nitrogens is 1. The number of rotatable bonds is 3. The first-order valence-corrected chi connectivity index (χ1v) is 4.44. The second-order valence-corrected chi connectivity index (χ2v) is 3.14. The standard InChI is InChI=1S/C9H9F3N2O3/c1-4-7(8(15)16)5(3-13)2-6(14-4)17-9(10,11)12/h2H,3,13H2,1H3,(H,15,16). The predicted molar refractivity (Wildman–Crippen MR) is 50.5 cm³/mol. The number of carboxylic acids is 1. The summed E-state index contributed by atoms with van der Waals surface area (Å²) in [6.45, 7) is 1.05. The third-order valence-electron chi connectivity index (χ3n) is 1.91. The van der Waals surface area contributed by atoms with E-state index in [0.717, 1.165) is 6.07 Å². The summed E-state index contributed by atoms with van der Waals surface area (Å²) in [5.74, 6) is -2.02. The van der Waals surface area contributed by atoms with E-state index in [-0.39, 0.29) is 23.4 Å². The molecule has 1 heterocycles. The summed E-state index contributed by atoms with van der Waals surface area (Å²) in [5.41, 5.74) is 5.00. The van der Waals surface area contributed by atoms with Gasteiger partial charge in [0.2, 0.25) is 5.88 Å². The van der Waals surface area contributed by atoms with Gasteiger partial charge in [-0.15, -0.1) is 13.2 Å². The first kappa shape index (κ1) is 13.2. The highest BCUT2D eigenvalue weighted by Crippen LogP contribution is 2.24. The van der Waals surface area contributed by atoms with E-state index in [1.807, 2.05) is 0 Å². The number of carbonyl (C=O) groups is 1. The van der Waals surface area contributed by atoms with Crippen LogP contribution in [-0.2, 0) is 6.54 Å². The molecule has 0 amide bonds. The highest BCUT2D eigenvalue weighted by molar-refractivity contribution is 5.90. The number of nitrogens with zero attached hydrogens (tertiary/aromatic N) is 1. The van der Waals surface area contributed by atoms with Crippen molar-refractivity contribution in [1.29, 1.82) is 0 Å². The van der Waals surface area contributed by atoms with Crippen LogP contribution in [0.1, 0.15) is 21.6 Å². The number of hydrogen-bond donors (Lipinski definition) is 2. The molecule has 0 aliphatic heterocycles. The Hall–Kier alpha value is -1.83. The normalized spacial score (nSPS) is 11.4. The summed E-state index contributed by atoms with van der Waals surface area (Å²) in [6.07, 6.45) is -4.88. The fourth-order valence-electron chi connectivity index (χ4n) is 1.33. The van der Waals surface area contributed by atoms with Gasteiger partial charge in [-0.3, -0.25) is 0 Å². The SMILES string of the molecule is Cc1nc(OC(F)(F)F)cc(CN)c1C(=O)O. The van der Waals surface area contributed by atoms with Crippen LogP contribution in [0.5, 0.6) is 5.88 Å². The first-order chi connectivity index (χ1) is 7.74. The molecule has 1 aromatic rings. The number of nitrogens with two attached hydrogens (primary N) is 1. The molecule has 3 N–H and O–H groups in total. The van der Waals surface area contributed by atoms with Crippen LogP contribution in [0.25, 0.3) is 0 Å². The first-order valence-electron chi connectivity index (χ1n) is 4.44. The maximum absolute atomic E-state index is 12.0. The van der Waals surface area contributed by atoms with E-state index >= 15 is 0 Å². The second-order valence-electron chi connectivity index (χ2n) is 3.14. The lowest BCUT2D eigenvalue weighted by molar-refractivity contribution is -0.276. The van der Waals surface area contributed by atoms with E-state index in [9.17, 15) is 18.0 Å². The summed E-state index contributed by atoms with van der Waals surface area (Å²) in [6, 6.07) is 0.865. The van der Waals surface area contributed by atoms with Gasteiger partial charge in [0.1, 0.15) is 0 Å². The van der Waals surface area contributed by atoms with Crippen LogP contribution >= 0.6 is 0 Å². The molecule has 1 aromatic heterocycles. The third kappa shape index (κ3) is 3.31. The summed E-state index contributed by atoms with van der Waals surface area (Å²) in [7, 11) is 0. The molecule has 17 heavy (non-hydrogen) atoms. The minimum absolute atomic E-state index is 0.0317. The summed E-state index contributed by atoms with van der Waals surface area (Å²) >= 11 is 0. The predicted octanol–water partition coefficient (Wildman–Crippen LogP) is 1.45. The molecule has 0 spiro atoms. The van der Waals surface area contributed by atoms with Gasteiger partial charge in [-0.25, -0.2) is 9.78 Å². The van der Waals surface area contributed by atoms with Crippen molar-refractivity contribution < 1.29 is 27.8 Å². The lowest BCUT2D eigenvalue weighted by atomic mass is 10.1. The van der Waals surface area contributed by atoms with Crippen molar-refractivity contribution in [3.05, 3.63) is 22.9 Å².